The van der Waals surface area contributed by atoms with Crippen LogP contribution in [0, 0.1) is 11.7 Å². The average molecular weight is 381 g/mol. The van der Waals surface area contributed by atoms with Gasteiger partial charge in [0.25, 0.3) is 0 Å². The van der Waals surface area contributed by atoms with Gasteiger partial charge in [0.05, 0.1) is 30.4 Å². The third kappa shape index (κ3) is 3.41. The van der Waals surface area contributed by atoms with Crippen LogP contribution in [0.4, 0.5) is 23.2 Å². The molecule has 2 aliphatic rings. The molecule has 4 atom stereocenters. The summed E-state index contributed by atoms with van der Waals surface area (Å²) in [6, 6.07) is 9.47. The third-order valence-electron chi connectivity index (χ3n) is 5.41. The van der Waals surface area contributed by atoms with Crippen molar-refractivity contribution in [3.05, 3.63) is 65.0 Å². The number of hydrogen-bond donors (Lipinski definition) is 2. The normalized spacial score (nSPS) is 27.4. The molecule has 7 heteroatoms. The molecule has 0 aromatic heterocycles. The minimum absolute atomic E-state index is 0.116. The highest BCUT2D eigenvalue weighted by atomic mass is 19.4. The largest absolute Gasteiger partial charge is 0.416 e. The van der Waals surface area contributed by atoms with E-state index in [9.17, 15) is 22.7 Å². The SMILES string of the molecule is OC[C@@H]1CC[C@@H]2[C@@H](c3ccc(F)cc3)Nc3ccc(C(F)(F)F)cc3[C@@H]2O1. The second kappa shape index (κ2) is 6.80. The Morgan fingerprint density at radius 1 is 1.07 bits per heavy atom. The molecule has 0 radical (unpaired) electrons. The number of aliphatic hydroxyl groups excluding tert-OH is 1. The Morgan fingerprint density at radius 3 is 2.48 bits per heavy atom. The number of aliphatic hydroxyl groups is 1. The lowest BCUT2D eigenvalue weighted by molar-refractivity contribution is -0.138. The monoisotopic (exact) mass is 381 g/mol. The van der Waals surface area contributed by atoms with Crippen molar-refractivity contribution in [2.75, 3.05) is 11.9 Å². The maximum absolute atomic E-state index is 13.3. The van der Waals surface area contributed by atoms with Gasteiger partial charge in [-0.15, -0.1) is 0 Å². The molecule has 27 heavy (non-hydrogen) atoms. The van der Waals surface area contributed by atoms with Crippen LogP contribution in [0.2, 0.25) is 0 Å². The quantitative estimate of drug-likeness (QED) is 0.732. The number of anilines is 1. The summed E-state index contributed by atoms with van der Waals surface area (Å²) in [6.07, 6.45) is -4.11. The molecule has 144 valence electrons. The molecule has 0 spiro atoms. The highest BCUT2D eigenvalue weighted by Gasteiger charge is 2.43. The highest BCUT2D eigenvalue weighted by molar-refractivity contribution is 5.58. The maximum atomic E-state index is 13.3. The van der Waals surface area contributed by atoms with Crippen LogP contribution in [0.3, 0.4) is 0 Å². The van der Waals surface area contributed by atoms with Crippen molar-refractivity contribution in [2.24, 2.45) is 5.92 Å². The van der Waals surface area contributed by atoms with Crippen molar-refractivity contribution in [3.63, 3.8) is 0 Å². The van der Waals surface area contributed by atoms with E-state index in [0.29, 0.717) is 24.1 Å². The van der Waals surface area contributed by atoms with Crippen molar-refractivity contribution in [2.45, 2.75) is 37.3 Å². The summed E-state index contributed by atoms with van der Waals surface area (Å²) < 4.78 is 58.8. The van der Waals surface area contributed by atoms with E-state index < -0.39 is 23.9 Å². The first-order chi connectivity index (χ1) is 12.9. The summed E-state index contributed by atoms with van der Waals surface area (Å²) in [5, 5.41) is 12.8. The van der Waals surface area contributed by atoms with E-state index in [2.05, 4.69) is 5.32 Å². The number of ether oxygens (including phenoxy) is 1. The highest BCUT2D eigenvalue weighted by Crippen LogP contribution is 2.51. The van der Waals surface area contributed by atoms with Crippen LogP contribution in [-0.2, 0) is 10.9 Å². The number of hydrogen-bond acceptors (Lipinski definition) is 3. The first kappa shape index (κ1) is 18.3. The van der Waals surface area contributed by atoms with Gasteiger partial charge in [0.1, 0.15) is 5.82 Å². The lowest BCUT2D eigenvalue weighted by Gasteiger charge is -2.45. The predicted octanol–water partition coefficient (Wildman–Crippen LogP) is 4.84. The van der Waals surface area contributed by atoms with Crippen LogP contribution >= 0.6 is 0 Å². The summed E-state index contributed by atoms with van der Waals surface area (Å²) in [5.74, 6) is -0.462. The molecule has 2 N–H and O–H groups in total. The van der Waals surface area contributed by atoms with Crippen LogP contribution in [0.1, 0.15) is 41.7 Å². The van der Waals surface area contributed by atoms with E-state index in [1.54, 1.807) is 12.1 Å². The first-order valence-electron chi connectivity index (χ1n) is 8.86. The summed E-state index contributed by atoms with van der Waals surface area (Å²) in [4.78, 5) is 0. The van der Waals surface area contributed by atoms with Gasteiger partial charge in [0.15, 0.2) is 0 Å². The van der Waals surface area contributed by atoms with Crippen molar-refractivity contribution in [1.82, 2.24) is 0 Å². The number of fused-ring (bicyclic) bond motifs is 3. The first-order valence-corrected chi connectivity index (χ1v) is 8.86. The Balaban J connectivity index is 1.76. The van der Waals surface area contributed by atoms with Gasteiger partial charge in [-0.3, -0.25) is 0 Å². The van der Waals surface area contributed by atoms with Crippen LogP contribution < -0.4 is 5.32 Å². The fraction of sp³-hybridized carbons (Fsp3) is 0.400. The van der Waals surface area contributed by atoms with Gasteiger partial charge >= 0.3 is 6.18 Å². The van der Waals surface area contributed by atoms with Gasteiger partial charge in [0.2, 0.25) is 0 Å². The van der Waals surface area contributed by atoms with E-state index in [1.165, 1.54) is 18.2 Å². The van der Waals surface area contributed by atoms with E-state index in [1.807, 2.05) is 0 Å². The lowest BCUT2D eigenvalue weighted by Crippen LogP contribution is -2.40. The molecule has 0 aliphatic carbocycles. The van der Waals surface area contributed by atoms with Crippen molar-refractivity contribution in [3.8, 4) is 0 Å². The van der Waals surface area contributed by atoms with Crippen molar-refractivity contribution >= 4 is 5.69 Å². The van der Waals surface area contributed by atoms with Crippen molar-refractivity contribution < 1.29 is 27.4 Å². The Labute approximate surface area is 154 Å². The number of nitrogens with one attached hydrogen (secondary N) is 1. The number of halogens is 4. The van der Waals surface area contributed by atoms with Gasteiger partial charge in [0, 0.05) is 17.2 Å². The molecular formula is C20H19F4NO2. The standard InChI is InChI=1S/C20H19F4NO2/c21-13-4-1-11(2-5-13)18-15-7-6-14(10-26)27-19(15)16-9-12(20(22,23)24)3-8-17(16)25-18/h1-5,8-9,14-15,18-19,25-26H,6-7,10H2/t14-,15+,18+,19+/m0/s1. The fourth-order valence-corrected chi connectivity index (χ4v) is 4.07. The Kier molecular flexibility index (Phi) is 4.60. The Hall–Kier alpha value is -2.12. The van der Waals surface area contributed by atoms with Crippen LogP contribution in [-0.4, -0.2) is 17.8 Å². The van der Waals surface area contributed by atoms with Crippen LogP contribution in [0.25, 0.3) is 0 Å². The second-order valence-corrected chi connectivity index (χ2v) is 7.08. The van der Waals surface area contributed by atoms with Gasteiger partial charge in [-0.1, -0.05) is 12.1 Å². The third-order valence-corrected chi connectivity index (χ3v) is 5.41. The van der Waals surface area contributed by atoms with Gasteiger partial charge in [-0.05, 0) is 48.7 Å². The zero-order valence-electron chi connectivity index (χ0n) is 14.3. The molecule has 0 amide bonds. The minimum Gasteiger partial charge on any atom is -0.394 e. The molecule has 1 saturated heterocycles. The van der Waals surface area contributed by atoms with Gasteiger partial charge < -0.3 is 15.2 Å². The van der Waals surface area contributed by atoms with E-state index in [4.69, 9.17) is 4.74 Å². The molecule has 0 unspecified atom stereocenters. The second-order valence-electron chi connectivity index (χ2n) is 7.08. The number of alkyl halides is 3. The zero-order chi connectivity index (χ0) is 19.2. The van der Waals surface area contributed by atoms with E-state index in [0.717, 1.165) is 17.7 Å². The van der Waals surface area contributed by atoms with Crippen LogP contribution in [0.15, 0.2) is 42.5 Å². The van der Waals surface area contributed by atoms with E-state index >= 15 is 0 Å². The molecule has 2 aliphatic heterocycles. The van der Waals surface area contributed by atoms with E-state index in [-0.39, 0.29) is 24.4 Å². The molecular weight excluding hydrogens is 362 g/mol. The molecule has 0 saturated carbocycles. The Morgan fingerprint density at radius 2 is 1.81 bits per heavy atom. The van der Waals surface area contributed by atoms with Gasteiger partial charge in [-0.2, -0.15) is 13.2 Å². The molecule has 2 heterocycles. The predicted molar refractivity (Wildman–Crippen MR) is 91.6 cm³/mol. The zero-order valence-corrected chi connectivity index (χ0v) is 14.3. The maximum Gasteiger partial charge on any atom is 0.416 e. The number of rotatable bonds is 2. The molecule has 2 aromatic carbocycles. The summed E-state index contributed by atoms with van der Waals surface area (Å²) >= 11 is 0. The lowest BCUT2D eigenvalue weighted by atomic mass is 9.76. The molecule has 1 fully saturated rings. The molecule has 2 aromatic rings. The topological polar surface area (TPSA) is 41.5 Å². The average Bonchev–Trinajstić information content (AvgIpc) is 2.66. The molecule has 4 rings (SSSR count). The Bertz CT molecular complexity index is 822. The fourth-order valence-electron chi connectivity index (χ4n) is 4.07. The molecule has 0 bridgehead atoms. The van der Waals surface area contributed by atoms with Gasteiger partial charge in [-0.25, -0.2) is 4.39 Å². The summed E-state index contributed by atoms with van der Waals surface area (Å²) in [7, 11) is 0. The van der Waals surface area contributed by atoms with Crippen LogP contribution in [0.5, 0.6) is 0 Å². The smallest absolute Gasteiger partial charge is 0.394 e. The van der Waals surface area contributed by atoms with Crippen molar-refractivity contribution in [1.29, 1.82) is 0 Å². The minimum atomic E-state index is -4.44. The molecule has 3 nitrogen and oxygen atoms in total. The number of benzene rings is 2. The summed E-state index contributed by atoms with van der Waals surface area (Å²) in [5.41, 5.74) is 1.14. The summed E-state index contributed by atoms with van der Waals surface area (Å²) in [6.45, 7) is -0.174.